The van der Waals surface area contributed by atoms with E-state index in [1.165, 1.54) is 0 Å². The lowest BCUT2D eigenvalue weighted by Crippen LogP contribution is -2.36. The summed E-state index contributed by atoms with van der Waals surface area (Å²) in [7, 11) is 0. The summed E-state index contributed by atoms with van der Waals surface area (Å²) >= 11 is 12.4. The minimum Gasteiger partial charge on any atom is -0.357 e. The van der Waals surface area contributed by atoms with Crippen LogP contribution in [0.1, 0.15) is 27.6 Å². The van der Waals surface area contributed by atoms with Crippen LogP contribution in [0, 0.1) is 6.92 Å². The van der Waals surface area contributed by atoms with Crippen molar-refractivity contribution >= 4 is 40.0 Å². The van der Waals surface area contributed by atoms with Gasteiger partial charge in [0.1, 0.15) is 0 Å². The number of nitrogens with zero attached hydrogens (tertiary/aromatic N) is 3. The number of hydrogen-bond acceptors (Lipinski definition) is 3. The fraction of sp³-hybridized carbons (Fsp3) is 0.235. The molecule has 0 saturated carbocycles. The van der Waals surface area contributed by atoms with Gasteiger partial charge in [0.15, 0.2) is 0 Å². The van der Waals surface area contributed by atoms with Gasteiger partial charge >= 0.3 is 0 Å². The van der Waals surface area contributed by atoms with Crippen LogP contribution in [0.15, 0.2) is 24.4 Å². The number of benzene rings is 1. The molecule has 24 heavy (non-hydrogen) atoms. The van der Waals surface area contributed by atoms with E-state index in [1.54, 1.807) is 23.2 Å². The van der Waals surface area contributed by atoms with Gasteiger partial charge in [0, 0.05) is 48.0 Å². The van der Waals surface area contributed by atoms with Gasteiger partial charge in [0.05, 0.1) is 15.6 Å². The van der Waals surface area contributed by atoms with Gasteiger partial charge in [0.2, 0.25) is 5.82 Å². The third-order valence-corrected chi connectivity index (χ3v) is 5.12. The van der Waals surface area contributed by atoms with Crippen molar-refractivity contribution in [3.8, 4) is 0 Å². The fourth-order valence-electron chi connectivity index (χ4n) is 3.09. The maximum atomic E-state index is 12.7. The van der Waals surface area contributed by atoms with Crippen molar-refractivity contribution in [1.29, 1.82) is 0 Å². The molecular formula is C17H14Cl2N4O. The lowest BCUT2D eigenvalue weighted by molar-refractivity contribution is 0.0722. The Balaban J connectivity index is 1.71. The van der Waals surface area contributed by atoms with Gasteiger partial charge in [-0.3, -0.25) is 4.79 Å². The van der Waals surface area contributed by atoms with Crippen LogP contribution in [0.5, 0.6) is 0 Å². The van der Waals surface area contributed by atoms with Crippen LogP contribution >= 0.6 is 23.2 Å². The summed E-state index contributed by atoms with van der Waals surface area (Å²) in [4.78, 5) is 26.1. The number of rotatable bonds is 1. The van der Waals surface area contributed by atoms with E-state index < -0.39 is 0 Å². The molecule has 0 unspecified atom stereocenters. The molecule has 0 saturated heterocycles. The molecule has 1 aliphatic heterocycles. The third kappa shape index (κ3) is 2.44. The Bertz CT molecular complexity index is 967. The van der Waals surface area contributed by atoms with E-state index >= 15 is 0 Å². The number of aromatic nitrogens is 3. The number of carbonyl (C=O) groups excluding carboxylic acids is 1. The summed E-state index contributed by atoms with van der Waals surface area (Å²) < 4.78 is 0. The van der Waals surface area contributed by atoms with Crippen molar-refractivity contribution in [2.45, 2.75) is 19.9 Å². The fourth-order valence-corrected chi connectivity index (χ4v) is 3.46. The number of nitrogens with one attached hydrogen (secondary N) is 1. The lowest BCUT2D eigenvalue weighted by atomic mass is 10.0. The van der Waals surface area contributed by atoms with Crippen LogP contribution in [0.25, 0.3) is 10.9 Å². The molecule has 0 aliphatic carbocycles. The minimum atomic E-state index is -0.154. The van der Waals surface area contributed by atoms with Crippen molar-refractivity contribution in [1.82, 2.24) is 19.9 Å². The molecule has 2 aromatic heterocycles. The Morgan fingerprint density at radius 1 is 1.29 bits per heavy atom. The first-order valence-electron chi connectivity index (χ1n) is 7.61. The van der Waals surface area contributed by atoms with Crippen LogP contribution in [-0.2, 0) is 13.0 Å². The van der Waals surface area contributed by atoms with Crippen molar-refractivity contribution in [2.24, 2.45) is 0 Å². The van der Waals surface area contributed by atoms with E-state index in [4.69, 9.17) is 23.2 Å². The Kier molecular flexibility index (Phi) is 3.70. The molecular weight excluding hydrogens is 347 g/mol. The quantitative estimate of drug-likeness (QED) is 0.718. The Hall–Kier alpha value is -2.11. The summed E-state index contributed by atoms with van der Waals surface area (Å²) in [6.07, 6.45) is 2.34. The molecule has 1 aromatic carbocycles. The van der Waals surface area contributed by atoms with Crippen LogP contribution in [0.3, 0.4) is 0 Å². The number of halogens is 2. The maximum absolute atomic E-state index is 12.7. The molecule has 1 amide bonds. The van der Waals surface area contributed by atoms with Crippen LogP contribution in [0.4, 0.5) is 0 Å². The first kappa shape index (κ1) is 15.4. The third-order valence-electron chi connectivity index (χ3n) is 4.31. The number of hydrogen-bond donors (Lipinski definition) is 1. The van der Waals surface area contributed by atoms with E-state index in [-0.39, 0.29) is 11.7 Å². The molecule has 1 aliphatic rings. The Morgan fingerprint density at radius 3 is 2.92 bits per heavy atom. The highest BCUT2D eigenvalue weighted by Gasteiger charge is 2.27. The average Bonchev–Trinajstić information content (AvgIpc) is 2.96. The first-order chi connectivity index (χ1) is 11.5. The van der Waals surface area contributed by atoms with E-state index in [0.29, 0.717) is 23.1 Å². The predicted molar refractivity (Wildman–Crippen MR) is 93.5 cm³/mol. The highest BCUT2D eigenvalue weighted by atomic mass is 35.5. The van der Waals surface area contributed by atoms with Gasteiger partial charge in [0.25, 0.3) is 5.91 Å². The molecule has 0 fully saturated rings. The summed E-state index contributed by atoms with van der Waals surface area (Å²) in [6.45, 7) is 2.96. The highest BCUT2D eigenvalue weighted by Crippen LogP contribution is 2.35. The number of aryl methyl sites for hydroxylation is 1. The zero-order valence-corrected chi connectivity index (χ0v) is 14.4. The second kappa shape index (κ2) is 5.76. The highest BCUT2D eigenvalue weighted by molar-refractivity contribution is 6.45. The number of aromatic amines is 1. The van der Waals surface area contributed by atoms with Crippen molar-refractivity contribution in [3.63, 3.8) is 0 Å². The molecule has 7 heteroatoms. The van der Waals surface area contributed by atoms with Crippen LogP contribution in [0.2, 0.25) is 10.0 Å². The van der Waals surface area contributed by atoms with Gasteiger partial charge in [-0.1, -0.05) is 29.3 Å². The normalized spacial score (nSPS) is 14.0. The van der Waals surface area contributed by atoms with E-state index in [2.05, 4.69) is 15.0 Å². The van der Waals surface area contributed by atoms with Crippen molar-refractivity contribution in [2.75, 3.05) is 6.54 Å². The van der Waals surface area contributed by atoms with Gasteiger partial charge in [-0.15, -0.1) is 0 Å². The second-order valence-corrected chi connectivity index (χ2v) is 6.65. The minimum absolute atomic E-state index is 0.154. The maximum Gasteiger partial charge on any atom is 0.291 e. The SMILES string of the molecule is Cc1ccnc(C(=O)N2CCc3[nH]c4c(Cl)c(Cl)ccc4c3C2)n1. The molecule has 3 aromatic rings. The average molecular weight is 361 g/mol. The number of H-pyrrole nitrogens is 1. The van der Waals surface area contributed by atoms with Crippen LogP contribution < -0.4 is 0 Å². The van der Waals surface area contributed by atoms with Crippen molar-refractivity contribution in [3.05, 3.63) is 57.2 Å². The smallest absolute Gasteiger partial charge is 0.291 e. The van der Waals surface area contributed by atoms with Gasteiger partial charge < -0.3 is 9.88 Å². The summed E-state index contributed by atoms with van der Waals surface area (Å²) in [5.41, 5.74) is 3.79. The predicted octanol–water partition coefficient (Wildman–Crippen LogP) is 3.77. The molecule has 0 spiro atoms. The molecule has 3 heterocycles. The summed E-state index contributed by atoms with van der Waals surface area (Å²) in [6, 6.07) is 5.50. The van der Waals surface area contributed by atoms with E-state index in [9.17, 15) is 4.79 Å². The zero-order chi connectivity index (χ0) is 16.8. The molecule has 5 nitrogen and oxygen atoms in total. The lowest BCUT2D eigenvalue weighted by Gasteiger charge is -2.26. The molecule has 0 bridgehead atoms. The number of amides is 1. The van der Waals surface area contributed by atoms with E-state index in [0.717, 1.165) is 34.3 Å². The molecule has 0 atom stereocenters. The topological polar surface area (TPSA) is 61.9 Å². The summed E-state index contributed by atoms with van der Waals surface area (Å²) in [5.74, 6) is 0.0816. The summed E-state index contributed by atoms with van der Waals surface area (Å²) in [5, 5.41) is 2.04. The van der Waals surface area contributed by atoms with Crippen molar-refractivity contribution < 1.29 is 4.79 Å². The van der Waals surface area contributed by atoms with Gasteiger partial charge in [-0.05, 0) is 19.1 Å². The van der Waals surface area contributed by atoms with Gasteiger partial charge in [-0.2, -0.15) is 0 Å². The Morgan fingerprint density at radius 2 is 2.12 bits per heavy atom. The number of carbonyl (C=O) groups is 1. The molecule has 0 radical (unpaired) electrons. The molecule has 4 rings (SSSR count). The van der Waals surface area contributed by atoms with Gasteiger partial charge in [-0.25, -0.2) is 9.97 Å². The largest absolute Gasteiger partial charge is 0.357 e. The second-order valence-electron chi connectivity index (χ2n) is 5.86. The first-order valence-corrected chi connectivity index (χ1v) is 8.36. The molecule has 122 valence electrons. The van der Waals surface area contributed by atoms with E-state index in [1.807, 2.05) is 13.0 Å². The van der Waals surface area contributed by atoms with Crippen LogP contribution in [-0.4, -0.2) is 32.3 Å². The standard InChI is InChI=1S/C17H14Cl2N4O/c1-9-4-6-20-16(21-9)17(24)23-7-5-13-11(8-23)10-2-3-12(18)14(19)15(10)22-13/h2-4,6,22H,5,7-8H2,1H3. The monoisotopic (exact) mass is 360 g/mol. The number of fused-ring (bicyclic) bond motifs is 3. The molecule has 1 N–H and O–H groups in total. The Labute approximate surface area is 148 Å². The zero-order valence-electron chi connectivity index (χ0n) is 12.9.